The lowest BCUT2D eigenvalue weighted by Gasteiger charge is -2.12. The Bertz CT molecular complexity index is 1870. The second-order valence-corrected chi connectivity index (χ2v) is 14.7. The van der Waals surface area contributed by atoms with Crippen molar-refractivity contribution in [1.29, 1.82) is 0 Å². The molecule has 0 radical (unpaired) electrons. The van der Waals surface area contributed by atoms with Crippen LogP contribution < -0.4 is 0 Å². The van der Waals surface area contributed by atoms with Crippen molar-refractivity contribution in [3.8, 4) is 64.4 Å². The summed E-state index contributed by atoms with van der Waals surface area (Å²) < 4.78 is 0. The Morgan fingerprint density at radius 1 is 0.318 bits per heavy atom. The Labute approximate surface area is 300 Å². The van der Waals surface area contributed by atoms with Crippen LogP contribution in [0.1, 0.15) is 0 Å². The van der Waals surface area contributed by atoms with Gasteiger partial charge < -0.3 is 10.2 Å². The number of benzene rings is 4. The molecule has 44 heavy (non-hydrogen) atoms. The molecule has 0 aliphatic rings. The van der Waals surface area contributed by atoms with Crippen molar-refractivity contribution < 1.29 is 10.2 Å². The van der Waals surface area contributed by atoms with Crippen LogP contribution in [-0.4, -0.2) is 10.2 Å². The summed E-state index contributed by atoms with van der Waals surface area (Å²) in [5.41, 5.74) is 2.08. The molecule has 0 amide bonds. The van der Waals surface area contributed by atoms with Crippen molar-refractivity contribution in [3.05, 3.63) is 113 Å². The third kappa shape index (κ3) is 5.48. The van der Waals surface area contributed by atoms with Crippen LogP contribution in [0.25, 0.3) is 52.9 Å². The number of halogens is 8. The number of hydrogen-bond acceptors (Lipinski definition) is 4. The van der Waals surface area contributed by atoms with Crippen molar-refractivity contribution in [2.24, 2.45) is 0 Å². The minimum atomic E-state index is -0.217. The molecule has 0 unspecified atom stereocenters. The lowest BCUT2D eigenvalue weighted by atomic mass is 9.96. The molecule has 0 aliphatic heterocycles. The van der Waals surface area contributed by atoms with Crippen LogP contribution in [-0.2, 0) is 0 Å². The molecule has 2 aromatic heterocycles. The lowest BCUT2D eigenvalue weighted by molar-refractivity contribution is 0.474. The molecule has 2 nitrogen and oxygen atoms in total. The summed E-state index contributed by atoms with van der Waals surface area (Å²) in [5.74, 6) is -0.435. The molecule has 0 saturated heterocycles. The molecular formula is C32H14Cl8O2S2. The first-order chi connectivity index (χ1) is 21.0. The second-order valence-electron chi connectivity index (χ2n) is 9.35. The third-order valence-electron chi connectivity index (χ3n) is 6.78. The molecule has 0 aliphatic carbocycles. The molecule has 12 heteroatoms. The van der Waals surface area contributed by atoms with E-state index in [1.54, 1.807) is 72.8 Å². The van der Waals surface area contributed by atoms with Crippen molar-refractivity contribution >= 4 is 115 Å². The molecule has 2 heterocycles. The smallest absolute Gasteiger partial charge is 0.142 e. The third-order valence-corrected chi connectivity index (χ3v) is 11.7. The van der Waals surface area contributed by atoms with Gasteiger partial charge >= 0.3 is 0 Å². The number of hydrogen-bond donors (Lipinski definition) is 2. The average Bonchev–Trinajstić information content (AvgIpc) is 3.44. The normalized spacial score (nSPS) is 11.4. The zero-order valence-corrected chi connectivity index (χ0v) is 29.3. The van der Waals surface area contributed by atoms with Gasteiger partial charge in [0.2, 0.25) is 0 Å². The minimum absolute atomic E-state index is 0.213. The van der Waals surface area contributed by atoms with Crippen LogP contribution in [0.15, 0.2) is 72.8 Å². The molecular weight excluding hydrogens is 764 g/mol. The maximum Gasteiger partial charge on any atom is 0.142 e. The maximum absolute atomic E-state index is 12.1. The lowest BCUT2D eigenvalue weighted by Crippen LogP contribution is -1.87. The van der Waals surface area contributed by atoms with Crippen molar-refractivity contribution in [2.45, 2.75) is 0 Å². The Morgan fingerprint density at radius 3 is 0.750 bits per heavy atom. The van der Waals surface area contributed by atoms with E-state index < -0.39 is 0 Å². The summed E-state index contributed by atoms with van der Waals surface area (Å²) in [6.07, 6.45) is 0. The molecule has 0 saturated carbocycles. The zero-order chi connectivity index (χ0) is 31.4. The first-order valence-corrected chi connectivity index (χ1v) is 17.2. The van der Waals surface area contributed by atoms with E-state index in [2.05, 4.69) is 0 Å². The first-order valence-electron chi connectivity index (χ1n) is 12.5. The topological polar surface area (TPSA) is 40.5 Å². The fraction of sp³-hybridized carbons (Fsp3) is 0. The SMILES string of the molecule is Oc1c(-c2c(Cl)cccc2Cl)sc(-c2c(Cl)cccc2Cl)c1-c1c(-c2c(Cl)cccc2Cl)sc(-c2c(Cl)cccc2Cl)c1O. The van der Waals surface area contributed by atoms with E-state index in [4.69, 9.17) is 92.8 Å². The Hall–Kier alpha value is -1.80. The van der Waals surface area contributed by atoms with E-state index in [-0.39, 0.29) is 22.6 Å². The molecule has 6 aromatic rings. The van der Waals surface area contributed by atoms with Gasteiger partial charge in [0.15, 0.2) is 0 Å². The molecule has 222 valence electrons. The van der Waals surface area contributed by atoms with Gasteiger partial charge in [-0.1, -0.05) is 117 Å². The van der Waals surface area contributed by atoms with Gasteiger partial charge in [-0.3, -0.25) is 0 Å². The molecule has 4 aromatic carbocycles. The van der Waals surface area contributed by atoms with E-state index in [9.17, 15) is 10.2 Å². The van der Waals surface area contributed by atoms with Crippen LogP contribution in [0.5, 0.6) is 11.5 Å². The highest BCUT2D eigenvalue weighted by Crippen LogP contribution is 2.63. The van der Waals surface area contributed by atoms with Gasteiger partial charge in [0.25, 0.3) is 0 Å². The summed E-state index contributed by atoms with van der Waals surface area (Å²) >= 11 is 55.7. The summed E-state index contributed by atoms with van der Waals surface area (Å²) in [4.78, 5) is 1.55. The summed E-state index contributed by atoms with van der Waals surface area (Å²) in [7, 11) is 0. The predicted molar refractivity (Wildman–Crippen MR) is 193 cm³/mol. The van der Waals surface area contributed by atoms with Gasteiger partial charge in [-0.15, -0.1) is 22.7 Å². The van der Waals surface area contributed by atoms with Gasteiger partial charge in [0.1, 0.15) is 11.5 Å². The Kier molecular flexibility index (Phi) is 9.33. The standard InChI is InChI=1S/C32H14Cl8O2S2/c33-13-5-1-6-14(34)21(13)29-25(27(41)31(43-29)23-17(37)9-3-10-18(23)38)26-28(42)32(24-19(39)11-4-12-20(24)40)44-30(26)22-15(35)7-2-8-16(22)36/h1-12,41-42H. The summed E-state index contributed by atoms with van der Waals surface area (Å²) in [6, 6.07) is 20.2. The van der Waals surface area contributed by atoms with Crippen molar-refractivity contribution in [1.82, 2.24) is 0 Å². The number of thiophene rings is 2. The van der Waals surface area contributed by atoms with Crippen molar-refractivity contribution in [2.75, 3.05) is 0 Å². The van der Waals surface area contributed by atoms with E-state index in [1.807, 2.05) is 0 Å². The van der Waals surface area contributed by atoms with E-state index >= 15 is 0 Å². The number of rotatable bonds is 5. The maximum atomic E-state index is 12.1. The highest BCUT2D eigenvalue weighted by Gasteiger charge is 2.34. The largest absolute Gasteiger partial charge is 0.506 e. The molecule has 0 atom stereocenters. The molecule has 6 rings (SSSR count). The van der Waals surface area contributed by atoms with Gasteiger partial charge in [0, 0.05) is 43.1 Å². The van der Waals surface area contributed by atoms with Gasteiger partial charge in [-0.05, 0) is 48.5 Å². The molecule has 0 spiro atoms. The predicted octanol–water partition coefficient (Wildman–Crippen LogP) is 14.8. The molecule has 0 fully saturated rings. The van der Waals surface area contributed by atoms with E-state index in [0.29, 0.717) is 81.9 Å². The highest BCUT2D eigenvalue weighted by molar-refractivity contribution is 7.21. The fourth-order valence-electron chi connectivity index (χ4n) is 4.86. The first kappa shape index (κ1) is 32.2. The summed E-state index contributed by atoms with van der Waals surface area (Å²) in [6.45, 7) is 0. The fourth-order valence-corrected chi connectivity index (χ4v) is 10.3. The summed E-state index contributed by atoms with van der Waals surface area (Å²) in [5, 5.41) is 26.7. The van der Waals surface area contributed by atoms with E-state index in [1.165, 1.54) is 0 Å². The Balaban J connectivity index is 1.81. The zero-order valence-electron chi connectivity index (χ0n) is 21.7. The Morgan fingerprint density at radius 2 is 0.523 bits per heavy atom. The van der Waals surface area contributed by atoms with Gasteiger partial charge in [0.05, 0.1) is 49.9 Å². The van der Waals surface area contributed by atoms with Crippen molar-refractivity contribution in [3.63, 3.8) is 0 Å². The quantitative estimate of drug-likeness (QED) is 0.183. The van der Waals surface area contributed by atoms with E-state index in [0.717, 1.165) is 22.7 Å². The van der Waals surface area contributed by atoms with Crippen LogP contribution in [0, 0.1) is 0 Å². The molecule has 0 bridgehead atoms. The minimum Gasteiger partial charge on any atom is -0.506 e. The van der Waals surface area contributed by atoms with Crippen LogP contribution in [0.2, 0.25) is 40.2 Å². The highest BCUT2D eigenvalue weighted by atomic mass is 35.5. The van der Waals surface area contributed by atoms with Gasteiger partial charge in [-0.2, -0.15) is 0 Å². The number of aromatic hydroxyl groups is 2. The van der Waals surface area contributed by atoms with Crippen LogP contribution >= 0.6 is 115 Å². The van der Waals surface area contributed by atoms with Crippen LogP contribution in [0.4, 0.5) is 0 Å². The van der Waals surface area contributed by atoms with Crippen LogP contribution in [0.3, 0.4) is 0 Å². The molecule has 2 N–H and O–H groups in total. The van der Waals surface area contributed by atoms with Gasteiger partial charge in [-0.25, -0.2) is 0 Å². The second kappa shape index (κ2) is 12.8. The monoisotopic (exact) mass is 774 g/mol. The average molecular weight is 778 g/mol.